The molecule has 0 unspecified atom stereocenters. The highest BCUT2D eigenvalue weighted by atomic mass is 16.2. The van der Waals surface area contributed by atoms with Crippen LogP contribution < -0.4 is 10.9 Å². The lowest BCUT2D eigenvalue weighted by Crippen LogP contribution is -2.37. The summed E-state index contributed by atoms with van der Waals surface area (Å²) in [5, 5.41) is 7.47. The van der Waals surface area contributed by atoms with E-state index < -0.39 is 0 Å². The number of rotatable bonds is 4. The number of amides is 1. The summed E-state index contributed by atoms with van der Waals surface area (Å²) in [5.74, 6) is 1.79. The molecule has 3 aliphatic rings. The molecule has 0 radical (unpaired) electrons. The number of nitrogens with zero attached hydrogens (tertiary/aromatic N) is 2. The Morgan fingerprint density at radius 1 is 1.21 bits per heavy atom. The lowest BCUT2D eigenvalue weighted by molar-refractivity contribution is -0.122. The first-order chi connectivity index (χ1) is 11.7. The fraction of sp³-hybridized carbons (Fsp3) is 0.632. The van der Waals surface area contributed by atoms with E-state index in [9.17, 15) is 9.59 Å². The molecule has 3 aliphatic carbocycles. The Balaban J connectivity index is 1.38. The van der Waals surface area contributed by atoms with Gasteiger partial charge in [-0.1, -0.05) is 18.6 Å². The van der Waals surface area contributed by atoms with Gasteiger partial charge in [0.1, 0.15) is 6.54 Å². The Morgan fingerprint density at radius 2 is 2.08 bits per heavy atom. The molecule has 24 heavy (non-hydrogen) atoms. The number of aryl methyl sites for hydroxylation is 2. The third-order valence-corrected chi connectivity index (χ3v) is 5.80. The van der Waals surface area contributed by atoms with Gasteiger partial charge in [0, 0.05) is 12.6 Å². The summed E-state index contributed by atoms with van der Waals surface area (Å²) >= 11 is 0. The Bertz CT molecular complexity index is 722. The van der Waals surface area contributed by atoms with Crippen LogP contribution in [0.1, 0.15) is 43.4 Å². The van der Waals surface area contributed by atoms with Crippen molar-refractivity contribution in [1.29, 1.82) is 0 Å². The highest BCUT2D eigenvalue weighted by Gasteiger charge is 2.35. The zero-order valence-corrected chi connectivity index (χ0v) is 14.0. The van der Waals surface area contributed by atoms with E-state index in [-0.39, 0.29) is 18.0 Å². The van der Waals surface area contributed by atoms with Gasteiger partial charge in [0.15, 0.2) is 0 Å². The smallest absolute Gasteiger partial charge is 0.267 e. The summed E-state index contributed by atoms with van der Waals surface area (Å²) in [6, 6.07) is 1.68. The molecule has 5 nitrogen and oxygen atoms in total. The molecule has 1 fully saturated rings. The van der Waals surface area contributed by atoms with E-state index >= 15 is 0 Å². The SMILES string of the molecule is O=C(Cn1nc2c(cc1=O)CCCCC2)NC[C@H]1C[C@H]2C=C[C@@H]1C2. The van der Waals surface area contributed by atoms with Crippen molar-refractivity contribution in [2.75, 3.05) is 6.54 Å². The minimum atomic E-state index is -0.159. The Morgan fingerprint density at radius 3 is 2.88 bits per heavy atom. The summed E-state index contributed by atoms with van der Waals surface area (Å²) in [4.78, 5) is 24.4. The van der Waals surface area contributed by atoms with Gasteiger partial charge in [-0.25, -0.2) is 4.68 Å². The number of nitrogens with one attached hydrogen (secondary N) is 1. The number of allylic oxidation sites excluding steroid dienone is 2. The molecule has 0 aromatic carbocycles. The molecular formula is C19H25N3O2. The maximum atomic E-state index is 12.2. The summed E-state index contributed by atoms with van der Waals surface area (Å²) in [7, 11) is 0. The van der Waals surface area contributed by atoms with Crippen LogP contribution in [0, 0.1) is 17.8 Å². The number of hydrogen-bond donors (Lipinski definition) is 1. The van der Waals surface area contributed by atoms with Crippen LogP contribution in [0.3, 0.4) is 0 Å². The molecular weight excluding hydrogens is 302 g/mol. The molecule has 128 valence electrons. The maximum absolute atomic E-state index is 12.2. The Kier molecular flexibility index (Phi) is 4.25. The van der Waals surface area contributed by atoms with Crippen LogP contribution in [0.4, 0.5) is 0 Å². The Labute approximate surface area is 142 Å². The maximum Gasteiger partial charge on any atom is 0.267 e. The highest BCUT2D eigenvalue weighted by Crippen LogP contribution is 2.42. The van der Waals surface area contributed by atoms with E-state index in [0.29, 0.717) is 24.3 Å². The van der Waals surface area contributed by atoms with Crippen LogP contribution in [0.15, 0.2) is 23.0 Å². The molecule has 1 aromatic heterocycles. The average molecular weight is 327 g/mol. The number of aromatic nitrogens is 2. The summed E-state index contributed by atoms with van der Waals surface area (Å²) in [6.07, 6.45) is 12.3. The van der Waals surface area contributed by atoms with Gasteiger partial charge >= 0.3 is 0 Å². The predicted octanol–water partition coefficient (Wildman–Crippen LogP) is 1.84. The average Bonchev–Trinajstić information content (AvgIpc) is 3.12. The molecule has 1 saturated carbocycles. The van der Waals surface area contributed by atoms with E-state index in [4.69, 9.17) is 0 Å². The number of carbonyl (C=O) groups is 1. The summed E-state index contributed by atoms with van der Waals surface area (Å²) in [6.45, 7) is 0.743. The van der Waals surface area contributed by atoms with Crippen LogP contribution in [-0.4, -0.2) is 22.2 Å². The molecule has 0 aliphatic heterocycles. The van der Waals surface area contributed by atoms with Crippen molar-refractivity contribution >= 4 is 5.91 Å². The van der Waals surface area contributed by atoms with Crippen LogP contribution in [0.5, 0.6) is 0 Å². The van der Waals surface area contributed by atoms with Crippen LogP contribution in [-0.2, 0) is 24.2 Å². The molecule has 0 saturated heterocycles. The molecule has 1 N–H and O–H groups in total. The van der Waals surface area contributed by atoms with Crippen molar-refractivity contribution < 1.29 is 4.79 Å². The third kappa shape index (κ3) is 3.17. The number of hydrogen-bond acceptors (Lipinski definition) is 3. The predicted molar refractivity (Wildman–Crippen MR) is 91.6 cm³/mol. The summed E-state index contributed by atoms with van der Waals surface area (Å²) in [5.41, 5.74) is 1.91. The molecule has 1 heterocycles. The lowest BCUT2D eigenvalue weighted by Gasteiger charge is -2.18. The second kappa shape index (κ2) is 6.54. The van der Waals surface area contributed by atoms with Crippen molar-refractivity contribution in [2.24, 2.45) is 17.8 Å². The fourth-order valence-corrected chi connectivity index (χ4v) is 4.46. The second-order valence-corrected chi connectivity index (χ2v) is 7.52. The molecule has 1 aromatic rings. The highest BCUT2D eigenvalue weighted by molar-refractivity contribution is 5.75. The number of fused-ring (bicyclic) bond motifs is 3. The Hall–Kier alpha value is -1.91. The second-order valence-electron chi connectivity index (χ2n) is 7.52. The topological polar surface area (TPSA) is 64.0 Å². The van der Waals surface area contributed by atoms with Crippen molar-refractivity contribution in [3.05, 3.63) is 39.8 Å². The largest absolute Gasteiger partial charge is 0.354 e. The normalized spacial score (nSPS) is 27.8. The molecule has 4 rings (SSSR count). The van der Waals surface area contributed by atoms with Gasteiger partial charge in [0.25, 0.3) is 5.56 Å². The van der Waals surface area contributed by atoms with E-state index in [0.717, 1.165) is 36.9 Å². The van der Waals surface area contributed by atoms with E-state index in [1.807, 2.05) is 0 Å². The first-order valence-electron chi connectivity index (χ1n) is 9.24. The van der Waals surface area contributed by atoms with E-state index in [1.54, 1.807) is 6.07 Å². The molecule has 3 atom stereocenters. The minimum absolute atomic E-state index is 0.0305. The quantitative estimate of drug-likeness (QED) is 0.678. The van der Waals surface area contributed by atoms with Gasteiger partial charge < -0.3 is 5.32 Å². The lowest BCUT2D eigenvalue weighted by atomic mass is 9.94. The third-order valence-electron chi connectivity index (χ3n) is 5.80. The molecule has 2 bridgehead atoms. The van der Waals surface area contributed by atoms with Gasteiger partial charge in [0.2, 0.25) is 5.91 Å². The number of carbonyl (C=O) groups excluding carboxylic acids is 1. The van der Waals surface area contributed by atoms with E-state index in [2.05, 4.69) is 22.6 Å². The monoisotopic (exact) mass is 327 g/mol. The van der Waals surface area contributed by atoms with Gasteiger partial charge in [-0.3, -0.25) is 9.59 Å². The van der Waals surface area contributed by atoms with Crippen molar-refractivity contribution in [3.8, 4) is 0 Å². The first kappa shape index (κ1) is 15.6. The van der Waals surface area contributed by atoms with Crippen molar-refractivity contribution in [1.82, 2.24) is 15.1 Å². The van der Waals surface area contributed by atoms with Gasteiger partial charge in [-0.05, 0) is 61.8 Å². The standard InChI is InChI=1S/C19H25N3O2/c23-18(20-11-16-9-13-6-7-14(16)8-13)12-22-19(24)10-15-4-2-1-3-5-17(15)21-22/h6-7,10,13-14,16H,1-5,8-9,11-12H2,(H,20,23)/t13-,14+,16+/m0/s1. The minimum Gasteiger partial charge on any atom is -0.354 e. The van der Waals surface area contributed by atoms with E-state index in [1.165, 1.54) is 23.9 Å². The van der Waals surface area contributed by atoms with Gasteiger partial charge in [-0.2, -0.15) is 5.10 Å². The first-order valence-corrected chi connectivity index (χ1v) is 9.24. The molecule has 0 spiro atoms. The zero-order valence-electron chi connectivity index (χ0n) is 14.0. The van der Waals surface area contributed by atoms with Crippen molar-refractivity contribution in [3.63, 3.8) is 0 Å². The van der Waals surface area contributed by atoms with Crippen LogP contribution in [0.25, 0.3) is 0 Å². The molecule has 5 heteroatoms. The van der Waals surface area contributed by atoms with Gasteiger partial charge in [0.05, 0.1) is 5.69 Å². The van der Waals surface area contributed by atoms with Gasteiger partial charge in [-0.15, -0.1) is 0 Å². The van der Waals surface area contributed by atoms with Crippen LogP contribution >= 0.6 is 0 Å². The van der Waals surface area contributed by atoms with Crippen molar-refractivity contribution in [2.45, 2.75) is 51.5 Å². The fourth-order valence-electron chi connectivity index (χ4n) is 4.46. The molecule has 1 amide bonds. The zero-order chi connectivity index (χ0) is 16.5. The summed E-state index contributed by atoms with van der Waals surface area (Å²) < 4.78 is 1.33. The van der Waals surface area contributed by atoms with Crippen LogP contribution in [0.2, 0.25) is 0 Å².